The van der Waals surface area contributed by atoms with Gasteiger partial charge in [-0.3, -0.25) is 19.3 Å². The lowest BCUT2D eigenvalue weighted by atomic mass is 10.0. The number of hydrogen-bond acceptors (Lipinski definition) is 14. The Hall–Kier alpha value is -7.01. The summed E-state index contributed by atoms with van der Waals surface area (Å²) >= 11 is 0. The number of rotatable bonds is 23. The molecule has 3 aliphatic rings. The average molecular weight is 1030 g/mol. The molecule has 0 spiro atoms. The van der Waals surface area contributed by atoms with Crippen molar-refractivity contribution in [1.82, 2.24) is 20.9 Å². The Morgan fingerprint density at radius 2 is 1.52 bits per heavy atom. The molecule has 0 fully saturated rings. The van der Waals surface area contributed by atoms with Crippen LogP contribution >= 0.6 is 0 Å². The molecule has 0 saturated carbocycles. The van der Waals surface area contributed by atoms with Crippen LogP contribution in [0.4, 0.5) is 17.1 Å². The van der Waals surface area contributed by atoms with Gasteiger partial charge in [-0.1, -0.05) is 51.5 Å². The Morgan fingerprint density at radius 1 is 0.827 bits per heavy atom. The van der Waals surface area contributed by atoms with Crippen molar-refractivity contribution in [2.75, 3.05) is 64.5 Å². The summed E-state index contributed by atoms with van der Waals surface area (Å²) in [5, 5.41) is 15.6. The number of para-hydroxylation sites is 1. The van der Waals surface area contributed by atoms with Crippen molar-refractivity contribution < 1.29 is 42.9 Å². The maximum Gasteiger partial charge on any atom is 0.241 e. The number of nitrogens with one attached hydrogen (secondary N) is 5. The van der Waals surface area contributed by atoms with Crippen LogP contribution in [0.3, 0.4) is 0 Å². The van der Waals surface area contributed by atoms with E-state index >= 15 is 0 Å². The number of carbonyl (C=O) groups excluding carboxylic acids is 5. The summed E-state index contributed by atoms with van der Waals surface area (Å²) in [4.78, 5) is 59.8. The van der Waals surface area contributed by atoms with Crippen molar-refractivity contribution in [2.45, 2.75) is 117 Å². The molecule has 4 atom stereocenters. The van der Waals surface area contributed by atoms with E-state index in [0.717, 1.165) is 98.4 Å². The van der Waals surface area contributed by atoms with Crippen molar-refractivity contribution in [2.24, 2.45) is 5.92 Å². The Balaban J connectivity index is 0.000000363. The monoisotopic (exact) mass is 1030 g/mol. The molecule has 1 aliphatic carbocycles. The molecule has 0 aromatic heterocycles. The van der Waals surface area contributed by atoms with Gasteiger partial charge in [0, 0.05) is 66.9 Å². The molecule has 75 heavy (non-hydrogen) atoms. The van der Waals surface area contributed by atoms with Crippen molar-refractivity contribution >= 4 is 48.2 Å². The summed E-state index contributed by atoms with van der Waals surface area (Å²) < 4.78 is 23.5. The molecule has 2 aliphatic heterocycles. The highest BCUT2D eigenvalue weighted by atomic mass is 16.5. The van der Waals surface area contributed by atoms with Gasteiger partial charge in [-0.05, 0) is 149 Å². The number of fused-ring (bicyclic) bond motifs is 1. The minimum atomic E-state index is -0.403. The molecule has 0 saturated heterocycles. The number of aryl methyl sites for hydroxylation is 1. The molecule has 0 bridgehead atoms. The molecule has 406 valence electrons. The molecule has 5 N–H and O–H groups in total. The number of anilines is 3. The van der Waals surface area contributed by atoms with Crippen LogP contribution in [0.25, 0.3) is 0 Å². The average Bonchev–Trinajstić information content (AvgIpc) is 3.95. The maximum absolute atomic E-state index is 12.8. The van der Waals surface area contributed by atoms with Crippen LogP contribution < -0.4 is 50.4 Å². The minimum Gasteiger partial charge on any atom is -0.493 e. The van der Waals surface area contributed by atoms with Gasteiger partial charge in [0.15, 0.2) is 23.0 Å². The van der Waals surface area contributed by atoms with E-state index in [1.165, 1.54) is 30.4 Å². The Bertz CT molecular complexity index is 2550. The lowest BCUT2D eigenvalue weighted by molar-refractivity contribution is -0.118. The van der Waals surface area contributed by atoms with Gasteiger partial charge >= 0.3 is 0 Å². The molecule has 2 heterocycles. The molecule has 16 heteroatoms. The van der Waals surface area contributed by atoms with Gasteiger partial charge in [0.05, 0.1) is 26.3 Å². The fraction of sp³-hybridized carbons (Fsp3) is 0.441. The Kier molecular flexibility index (Phi) is 25.6. The van der Waals surface area contributed by atoms with Gasteiger partial charge < -0.3 is 60.0 Å². The van der Waals surface area contributed by atoms with Gasteiger partial charge in [-0.2, -0.15) is 0 Å². The number of amides is 2. The summed E-state index contributed by atoms with van der Waals surface area (Å²) in [6, 6.07) is 23.3. The van der Waals surface area contributed by atoms with E-state index in [2.05, 4.69) is 75.8 Å². The minimum absolute atomic E-state index is 0.0231. The summed E-state index contributed by atoms with van der Waals surface area (Å²) in [5.74, 6) is 2.22. The Morgan fingerprint density at radius 3 is 2.08 bits per heavy atom. The summed E-state index contributed by atoms with van der Waals surface area (Å²) in [5.41, 5.74) is 9.53. The molecular weight excluding hydrogens is 951 g/mol. The van der Waals surface area contributed by atoms with Gasteiger partial charge in [-0.15, -0.1) is 0 Å². The zero-order chi connectivity index (χ0) is 54.9. The highest BCUT2D eigenvalue weighted by Crippen LogP contribution is 2.39. The van der Waals surface area contributed by atoms with Crippen molar-refractivity contribution in [3.63, 3.8) is 0 Å². The number of likely N-dealkylation sites (N-methyl/N-ethyl adjacent to an activating group) is 4. The topological polar surface area (TPSA) is 189 Å². The second kappa shape index (κ2) is 31.7. The molecule has 3 unspecified atom stereocenters. The number of methoxy groups -OCH3 is 2. The maximum atomic E-state index is 12.8. The zero-order valence-corrected chi connectivity index (χ0v) is 45.9. The largest absolute Gasteiger partial charge is 0.493 e. The fourth-order valence-electron chi connectivity index (χ4n) is 8.68. The standard InChI is InChI=1S/C37H42N4O7.C11H16N2.C6H13NO.C5H10O/c1-23-12-33(45-4)35(18-30(23)40-36-17-28-8-6-7-9-31(28)41(36)22-43)48-21-27-13-26(14-29(15-27)39-37(44)24(2)38-3)20-47-32-11-10-25(19-42)16-34(32)46-5;1-12-8-10-7-9-5-3-4-6-11(9)13(10)2;1-5(2)6(4-8)7-3;1-2-3-4-5-6/h7,9-16,18-19,22,24,36,38,40H,6,8,17,20-21H2,1-5H3,(H,39,44);3-6,10,12H,7-8H2,1-2H3;4-7H,1-3H3;5H,2-4H2,1H3/t24?,36-;;;/m0.../s1. The molecule has 4 aromatic rings. The van der Waals surface area contributed by atoms with E-state index in [4.69, 9.17) is 18.9 Å². The number of aldehydes is 3. The van der Waals surface area contributed by atoms with E-state index in [9.17, 15) is 24.0 Å². The molecular formula is C59H81N7O9. The second-order valence-electron chi connectivity index (χ2n) is 18.9. The van der Waals surface area contributed by atoms with Gasteiger partial charge in [0.1, 0.15) is 38.2 Å². The number of carbonyl (C=O) groups is 5. The van der Waals surface area contributed by atoms with Gasteiger partial charge in [0.2, 0.25) is 12.3 Å². The van der Waals surface area contributed by atoms with Crippen molar-refractivity contribution in [3.8, 4) is 23.0 Å². The highest BCUT2D eigenvalue weighted by Gasteiger charge is 2.32. The quantitative estimate of drug-likeness (QED) is 0.0350. The van der Waals surface area contributed by atoms with Crippen LogP contribution in [0.1, 0.15) is 98.8 Å². The third-order valence-corrected chi connectivity index (χ3v) is 13.2. The lowest BCUT2D eigenvalue weighted by Crippen LogP contribution is -2.36. The molecule has 2 amide bonds. The number of ether oxygens (including phenoxy) is 4. The smallest absolute Gasteiger partial charge is 0.241 e. The summed E-state index contributed by atoms with van der Waals surface area (Å²) in [6.07, 6.45) is 14.2. The third-order valence-electron chi connectivity index (χ3n) is 13.2. The van der Waals surface area contributed by atoms with Crippen LogP contribution in [0.2, 0.25) is 0 Å². The number of allylic oxidation sites excluding steroid dienone is 2. The highest BCUT2D eigenvalue weighted by molar-refractivity contribution is 5.94. The second-order valence-corrected chi connectivity index (χ2v) is 18.9. The van der Waals surface area contributed by atoms with Gasteiger partial charge in [-0.25, -0.2) is 0 Å². The van der Waals surface area contributed by atoms with Crippen LogP contribution in [0.15, 0.2) is 96.2 Å². The summed E-state index contributed by atoms with van der Waals surface area (Å²) in [7, 11) is 10.8. The van der Waals surface area contributed by atoms with E-state index in [-0.39, 0.29) is 31.3 Å². The predicted molar refractivity (Wildman–Crippen MR) is 299 cm³/mol. The van der Waals surface area contributed by atoms with E-state index in [0.29, 0.717) is 46.2 Å². The first-order valence-corrected chi connectivity index (χ1v) is 25.8. The van der Waals surface area contributed by atoms with Crippen LogP contribution in [0, 0.1) is 12.8 Å². The zero-order valence-electron chi connectivity index (χ0n) is 45.9. The van der Waals surface area contributed by atoms with Crippen molar-refractivity contribution in [3.05, 3.63) is 124 Å². The number of unbranched alkanes of at least 4 members (excludes halogenated alkanes) is 2. The fourth-order valence-corrected chi connectivity index (χ4v) is 8.68. The normalized spacial score (nSPS) is 15.8. The number of benzene rings is 4. The number of hydrogen-bond donors (Lipinski definition) is 5. The van der Waals surface area contributed by atoms with Crippen LogP contribution in [0.5, 0.6) is 23.0 Å². The third kappa shape index (κ3) is 17.8. The number of nitrogens with zero attached hydrogens (tertiary/aromatic N) is 2. The molecule has 16 nitrogen and oxygen atoms in total. The molecule has 7 rings (SSSR count). The Labute approximate surface area is 445 Å². The van der Waals surface area contributed by atoms with Gasteiger partial charge in [0.25, 0.3) is 0 Å². The first-order chi connectivity index (χ1) is 36.2. The SMILES string of the molecule is CCCCC=O.CNC(C)C(=O)Nc1cc(COc2ccc(C=O)cc2OC)cc(COc2cc(N[C@@H]3CC4=C(C=CCC4)N3C=O)c(C)cc2OC)c1.CNC(C=O)C(C)C.CNCC1Cc2ccccc2N1C. The van der Waals surface area contributed by atoms with E-state index in [1.807, 2.05) is 64.2 Å². The summed E-state index contributed by atoms with van der Waals surface area (Å²) in [6.45, 7) is 11.2. The van der Waals surface area contributed by atoms with Crippen molar-refractivity contribution in [1.29, 1.82) is 0 Å². The molecule has 4 aromatic carbocycles. The first kappa shape index (κ1) is 60.5. The van der Waals surface area contributed by atoms with E-state index < -0.39 is 6.04 Å². The lowest BCUT2D eigenvalue weighted by Gasteiger charge is -2.26. The van der Waals surface area contributed by atoms with Crippen LogP contribution in [-0.2, 0) is 38.8 Å². The predicted octanol–water partition coefficient (Wildman–Crippen LogP) is 8.81. The molecule has 0 radical (unpaired) electrons. The van der Waals surface area contributed by atoms with Crippen LogP contribution in [-0.4, -0.2) is 109 Å². The van der Waals surface area contributed by atoms with E-state index in [1.54, 1.807) is 51.2 Å². The first-order valence-electron chi connectivity index (χ1n) is 25.8.